The molecule has 0 aromatic heterocycles. The fourth-order valence-corrected chi connectivity index (χ4v) is 4.08. The first-order chi connectivity index (χ1) is 12.8. The van der Waals surface area contributed by atoms with Crippen LogP contribution in [0.15, 0.2) is 36.4 Å². The minimum atomic E-state index is -0.148. The van der Waals surface area contributed by atoms with E-state index in [2.05, 4.69) is 13.8 Å². The second-order valence-electron chi connectivity index (χ2n) is 6.38. The van der Waals surface area contributed by atoms with Crippen LogP contribution in [0.5, 0.6) is 11.5 Å². The van der Waals surface area contributed by atoms with E-state index in [0.29, 0.717) is 21.4 Å². The molecule has 3 atom stereocenters. The molecule has 2 rings (SSSR count). The Morgan fingerprint density at radius 1 is 1.00 bits per heavy atom. The molecule has 0 aliphatic rings. The number of hydrogen-bond donors (Lipinski definition) is 0. The van der Waals surface area contributed by atoms with E-state index in [1.807, 2.05) is 32.0 Å². The summed E-state index contributed by atoms with van der Waals surface area (Å²) in [6, 6.07) is 10.7. The third kappa shape index (κ3) is 6.98. The molecule has 0 aliphatic heterocycles. The van der Waals surface area contributed by atoms with Gasteiger partial charge in [0.05, 0.1) is 27.8 Å². The first-order valence-electron chi connectivity index (χ1n) is 9.08. The zero-order valence-electron chi connectivity index (χ0n) is 17.0. The predicted octanol–water partition coefficient (Wildman–Crippen LogP) is 6.11. The molecular formula is C21H25Cl2LiO3P. The van der Waals surface area contributed by atoms with E-state index in [1.54, 1.807) is 18.2 Å². The summed E-state index contributed by atoms with van der Waals surface area (Å²) in [7, 11) is -0.148. The zero-order valence-corrected chi connectivity index (χ0v) is 19.5. The van der Waals surface area contributed by atoms with Crippen LogP contribution < -0.4 is 14.8 Å². The van der Waals surface area contributed by atoms with E-state index >= 15 is 0 Å². The summed E-state index contributed by atoms with van der Waals surface area (Å²) >= 11 is 12.4. The van der Waals surface area contributed by atoms with Crippen molar-refractivity contribution in [3.05, 3.63) is 52.0 Å². The van der Waals surface area contributed by atoms with Gasteiger partial charge in [0, 0.05) is 30.2 Å². The molecule has 0 saturated heterocycles. The molecule has 0 fully saturated rings. The Morgan fingerprint density at radius 3 is 2.14 bits per heavy atom. The first-order valence-corrected chi connectivity index (χ1v) is 10.8. The van der Waals surface area contributed by atoms with Gasteiger partial charge in [0.25, 0.3) is 0 Å². The van der Waals surface area contributed by atoms with E-state index < -0.39 is 0 Å². The van der Waals surface area contributed by atoms with E-state index in [9.17, 15) is 4.79 Å². The molecule has 1 radical (unpaired) electrons. The molecule has 7 heteroatoms. The third-order valence-electron chi connectivity index (χ3n) is 4.21. The number of benzene rings is 2. The van der Waals surface area contributed by atoms with Crippen molar-refractivity contribution in [3.8, 4) is 11.5 Å². The molecule has 0 aliphatic carbocycles. The minimum Gasteiger partial charge on any atom is -0.491 e. The van der Waals surface area contributed by atoms with Crippen LogP contribution in [0.25, 0.3) is 0 Å². The summed E-state index contributed by atoms with van der Waals surface area (Å²) in [6.45, 7) is 8.15. The summed E-state index contributed by atoms with van der Waals surface area (Å²) in [5, 5.41) is 1.54. The van der Waals surface area contributed by atoms with Crippen LogP contribution in [-0.2, 0) is 0 Å². The largest absolute Gasteiger partial charge is 0.491 e. The number of ether oxygens (including phenoxy) is 2. The second kappa shape index (κ2) is 12.1. The van der Waals surface area contributed by atoms with Crippen LogP contribution in [0.4, 0.5) is 0 Å². The fraction of sp³-hybridized carbons (Fsp3) is 0.381. The Kier molecular flexibility index (Phi) is 11.0. The van der Waals surface area contributed by atoms with Crippen molar-refractivity contribution >= 4 is 61.5 Å². The minimum absolute atomic E-state index is 0. The van der Waals surface area contributed by atoms with Crippen LogP contribution in [0, 0.1) is 0 Å². The zero-order chi connectivity index (χ0) is 20.0. The van der Waals surface area contributed by atoms with Gasteiger partial charge in [-0.05, 0) is 59.5 Å². The van der Waals surface area contributed by atoms with Crippen molar-refractivity contribution in [2.45, 2.75) is 52.7 Å². The molecular weight excluding hydrogens is 409 g/mol. The Bertz CT molecular complexity index is 781. The fourth-order valence-electron chi connectivity index (χ4n) is 2.29. The molecule has 3 nitrogen and oxygen atoms in total. The van der Waals surface area contributed by atoms with E-state index in [-0.39, 0.29) is 45.2 Å². The van der Waals surface area contributed by atoms with Gasteiger partial charge in [0.1, 0.15) is 11.5 Å². The second-order valence-corrected chi connectivity index (χ2v) is 8.44. The van der Waals surface area contributed by atoms with Gasteiger partial charge in [-0.1, -0.05) is 43.1 Å². The summed E-state index contributed by atoms with van der Waals surface area (Å²) in [4.78, 5) is 12.8. The number of carbonyl (C=O) groups is 1. The van der Waals surface area contributed by atoms with Gasteiger partial charge >= 0.3 is 0 Å². The molecule has 0 bridgehead atoms. The van der Waals surface area contributed by atoms with Crippen molar-refractivity contribution in [3.63, 3.8) is 0 Å². The van der Waals surface area contributed by atoms with Gasteiger partial charge in [0.2, 0.25) is 0 Å². The maximum atomic E-state index is 12.8. The van der Waals surface area contributed by atoms with Gasteiger partial charge < -0.3 is 9.47 Å². The number of hydrogen-bond acceptors (Lipinski definition) is 3. The first kappa shape index (κ1) is 25.4. The van der Waals surface area contributed by atoms with Crippen LogP contribution in [0.3, 0.4) is 0 Å². The summed E-state index contributed by atoms with van der Waals surface area (Å²) < 4.78 is 12.0. The van der Waals surface area contributed by atoms with Gasteiger partial charge in [-0.25, -0.2) is 0 Å². The van der Waals surface area contributed by atoms with Gasteiger partial charge in [-0.15, -0.1) is 0 Å². The molecule has 28 heavy (non-hydrogen) atoms. The molecule has 0 N–H and O–H groups in total. The monoisotopic (exact) mass is 433 g/mol. The Balaban J connectivity index is 0.00000392. The quantitative estimate of drug-likeness (QED) is 0.353. The van der Waals surface area contributed by atoms with Crippen molar-refractivity contribution in [2.24, 2.45) is 0 Å². The molecule has 3 unspecified atom stereocenters. The van der Waals surface area contributed by atoms with Gasteiger partial charge in [-0.3, -0.25) is 4.79 Å². The SMILES string of the molecule is CCC(C)Oc1ccc(PC(=O)c2c(Cl)cccc2Cl)c(OC(C)CC)c1.[Li]. The van der Waals surface area contributed by atoms with Gasteiger partial charge in [0.15, 0.2) is 5.52 Å². The van der Waals surface area contributed by atoms with Crippen LogP contribution in [0.1, 0.15) is 50.9 Å². The normalized spacial score (nSPS) is 13.1. The van der Waals surface area contributed by atoms with Crippen LogP contribution >= 0.6 is 31.8 Å². The number of carbonyl (C=O) groups excluding carboxylic acids is 1. The predicted molar refractivity (Wildman–Crippen MR) is 122 cm³/mol. The smallest absolute Gasteiger partial charge is 0.188 e. The Labute approximate surface area is 191 Å². The van der Waals surface area contributed by atoms with Crippen molar-refractivity contribution < 1.29 is 14.3 Å². The molecule has 2 aromatic rings. The van der Waals surface area contributed by atoms with Crippen molar-refractivity contribution in [1.29, 1.82) is 0 Å². The van der Waals surface area contributed by atoms with Crippen LogP contribution in [0.2, 0.25) is 10.0 Å². The summed E-state index contributed by atoms with van der Waals surface area (Å²) in [5.74, 6) is 1.40. The number of rotatable bonds is 9. The number of halogens is 2. The van der Waals surface area contributed by atoms with E-state index in [0.717, 1.165) is 23.9 Å². The molecule has 147 valence electrons. The molecule has 2 aromatic carbocycles. The average Bonchev–Trinajstić information content (AvgIpc) is 2.63. The van der Waals surface area contributed by atoms with Gasteiger partial charge in [-0.2, -0.15) is 0 Å². The third-order valence-corrected chi connectivity index (χ3v) is 6.00. The van der Waals surface area contributed by atoms with E-state index in [1.165, 1.54) is 0 Å². The standard InChI is InChI=1S/C21H25Cl2O3P.Li/c1-5-13(3)25-15-10-11-19(18(12-15)26-14(4)6-2)27-21(24)20-16(22)8-7-9-17(20)23;/h7-14,27H,5-6H2,1-4H3;. The maximum Gasteiger partial charge on any atom is 0.188 e. The van der Waals surface area contributed by atoms with Crippen molar-refractivity contribution in [2.75, 3.05) is 0 Å². The Morgan fingerprint density at radius 2 is 1.57 bits per heavy atom. The van der Waals surface area contributed by atoms with E-state index in [4.69, 9.17) is 32.7 Å². The molecule has 0 spiro atoms. The molecule has 0 saturated carbocycles. The van der Waals surface area contributed by atoms with Crippen LogP contribution in [-0.4, -0.2) is 36.6 Å². The molecule has 0 heterocycles. The summed E-state index contributed by atoms with van der Waals surface area (Å²) in [6.07, 6.45) is 1.92. The Hall–Kier alpha value is -0.683. The maximum absolute atomic E-state index is 12.8. The summed E-state index contributed by atoms with van der Waals surface area (Å²) in [5.41, 5.74) is 0.240. The average molecular weight is 434 g/mol. The molecule has 0 amide bonds. The van der Waals surface area contributed by atoms with Crippen molar-refractivity contribution in [1.82, 2.24) is 0 Å². The topological polar surface area (TPSA) is 35.5 Å².